The van der Waals surface area contributed by atoms with Crippen molar-refractivity contribution in [3.8, 4) is 0 Å². The number of carbonyl (C=O) groups is 2. The van der Waals surface area contributed by atoms with Crippen molar-refractivity contribution in [1.29, 1.82) is 0 Å². The van der Waals surface area contributed by atoms with Gasteiger partial charge < -0.3 is 14.2 Å². The van der Waals surface area contributed by atoms with Gasteiger partial charge in [-0.2, -0.15) is 0 Å². The van der Waals surface area contributed by atoms with Crippen molar-refractivity contribution in [2.24, 2.45) is 0 Å². The Morgan fingerprint density at radius 2 is 0.682 bits per heavy atom. The van der Waals surface area contributed by atoms with Gasteiger partial charge in [0.05, 0.1) is 6.61 Å². The Hall–Kier alpha value is -3.44. The summed E-state index contributed by atoms with van der Waals surface area (Å²) in [5.41, 5.74) is 0. The second-order valence-electron chi connectivity index (χ2n) is 17.7. The van der Waals surface area contributed by atoms with Gasteiger partial charge in [0.2, 0.25) is 0 Å². The van der Waals surface area contributed by atoms with E-state index in [4.69, 9.17) is 14.2 Å². The summed E-state index contributed by atoms with van der Waals surface area (Å²) in [6.45, 7) is 7.51. The highest BCUT2D eigenvalue weighted by Gasteiger charge is 2.17. The Kier molecular flexibility index (Phi) is 53.0. The predicted molar refractivity (Wildman–Crippen MR) is 288 cm³/mol. The SMILES string of the molecule is CC/C=C\C/C=C\C/C=C\C/C=C\C/C=C\CCCCCC(=O)OCC(COCCCCCC/C=C\C/C=C\C/C=C\CC)OC(=O)CCCCCCCCC/C=C\CCCCCCCC. The first-order chi connectivity index (χ1) is 32.6. The average Bonchev–Trinajstić information content (AvgIpc) is 3.32. The zero-order valence-electron chi connectivity index (χ0n) is 43.2. The first-order valence-electron chi connectivity index (χ1n) is 27.4. The first-order valence-corrected chi connectivity index (χ1v) is 27.4. The maximum atomic E-state index is 12.8. The third kappa shape index (κ3) is 53.2. The highest BCUT2D eigenvalue weighted by atomic mass is 16.6. The van der Waals surface area contributed by atoms with Crippen LogP contribution in [0.15, 0.2) is 109 Å². The number of rotatable bonds is 49. The van der Waals surface area contributed by atoms with Gasteiger partial charge in [0, 0.05) is 19.4 Å². The van der Waals surface area contributed by atoms with Crippen LogP contribution in [0, 0.1) is 0 Å². The lowest BCUT2D eigenvalue weighted by Gasteiger charge is -2.18. The molecule has 0 radical (unpaired) electrons. The predicted octanol–water partition coefficient (Wildman–Crippen LogP) is 18.8. The molecule has 66 heavy (non-hydrogen) atoms. The van der Waals surface area contributed by atoms with Crippen LogP contribution in [0.4, 0.5) is 0 Å². The Morgan fingerprint density at radius 1 is 0.348 bits per heavy atom. The molecule has 0 rings (SSSR count). The smallest absolute Gasteiger partial charge is 0.306 e. The number of hydrogen-bond acceptors (Lipinski definition) is 5. The Bertz CT molecular complexity index is 1310. The fourth-order valence-electron chi connectivity index (χ4n) is 7.25. The number of carbonyl (C=O) groups excluding carboxylic acids is 2. The molecule has 5 heteroatoms. The van der Waals surface area contributed by atoms with Gasteiger partial charge in [-0.05, 0) is 122 Å². The summed E-state index contributed by atoms with van der Waals surface area (Å²) in [7, 11) is 0. The Balaban J connectivity index is 4.38. The Labute approximate surface area is 408 Å². The lowest BCUT2D eigenvalue weighted by atomic mass is 10.1. The van der Waals surface area contributed by atoms with Crippen molar-refractivity contribution in [1.82, 2.24) is 0 Å². The second kappa shape index (κ2) is 55.9. The molecule has 0 amide bonds. The molecule has 5 nitrogen and oxygen atoms in total. The standard InChI is InChI=1S/C61H102O5/c1-4-7-10-13-16-19-22-25-28-30-31-33-34-36-39-42-45-48-51-54-60(62)65-58-59(57-64-56-53-50-47-44-41-38-27-24-21-18-15-12-9-6-3)66-61(63)55-52-49-46-43-40-37-35-32-29-26-23-20-17-14-11-8-5-2/h7,9-10,12,16,18-19,21,25-29,31,33,36,38-39,59H,4-6,8,11,13-15,17,20,22-24,30,32,34-35,37,40-58H2,1-3H3/b10-7-,12-9-,19-16-,21-18-,28-25-,29-26-,33-31-,38-27-,39-36-. The van der Waals surface area contributed by atoms with E-state index < -0.39 is 6.10 Å². The zero-order valence-corrected chi connectivity index (χ0v) is 43.2. The minimum Gasteiger partial charge on any atom is -0.462 e. The molecule has 0 aliphatic carbocycles. The van der Waals surface area contributed by atoms with E-state index in [1.807, 2.05) is 0 Å². The van der Waals surface area contributed by atoms with Gasteiger partial charge in [0.15, 0.2) is 6.10 Å². The molecule has 0 aromatic rings. The number of ether oxygens (including phenoxy) is 3. The summed E-state index contributed by atoms with van der Waals surface area (Å²) in [6, 6.07) is 0. The maximum absolute atomic E-state index is 12.8. The normalized spacial score (nSPS) is 13.1. The third-order valence-corrected chi connectivity index (χ3v) is 11.3. The van der Waals surface area contributed by atoms with Crippen LogP contribution in [0.1, 0.15) is 239 Å². The van der Waals surface area contributed by atoms with E-state index in [1.165, 1.54) is 89.9 Å². The number of unbranched alkanes of at least 4 members (excludes halogenated alkanes) is 20. The summed E-state index contributed by atoms with van der Waals surface area (Å²) < 4.78 is 17.4. The molecule has 1 atom stereocenters. The molecule has 0 saturated heterocycles. The van der Waals surface area contributed by atoms with Gasteiger partial charge in [0.1, 0.15) is 6.61 Å². The summed E-state index contributed by atoms with van der Waals surface area (Å²) in [5.74, 6) is -0.455. The van der Waals surface area contributed by atoms with Gasteiger partial charge in [-0.15, -0.1) is 0 Å². The van der Waals surface area contributed by atoms with Crippen LogP contribution in [0.25, 0.3) is 0 Å². The molecule has 0 N–H and O–H groups in total. The fourth-order valence-corrected chi connectivity index (χ4v) is 7.25. The van der Waals surface area contributed by atoms with Crippen molar-refractivity contribution in [2.45, 2.75) is 245 Å². The second-order valence-corrected chi connectivity index (χ2v) is 17.7. The molecule has 0 saturated carbocycles. The molecular weight excluding hydrogens is 813 g/mol. The third-order valence-electron chi connectivity index (χ3n) is 11.3. The van der Waals surface area contributed by atoms with Crippen LogP contribution in [0.5, 0.6) is 0 Å². The topological polar surface area (TPSA) is 61.8 Å². The van der Waals surface area contributed by atoms with Gasteiger partial charge in [-0.1, -0.05) is 214 Å². The van der Waals surface area contributed by atoms with Crippen LogP contribution in [0.3, 0.4) is 0 Å². The summed E-state index contributed by atoms with van der Waals surface area (Å²) >= 11 is 0. The molecule has 376 valence electrons. The minimum absolute atomic E-state index is 0.0514. The lowest BCUT2D eigenvalue weighted by molar-refractivity contribution is -0.163. The molecule has 0 aromatic heterocycles. The molecule has 0 aromatic carbocycles. The number of esters is 2. The van der Waals surface area contributed by atoms with E-state index in [2.05, 4.69) is 130 Å². The summed E-state index contributed by atoms with van der Waals surface area (Å²) in [5, 5.41) is 0. The highest BCUT2D eigenvalue weighted by molar-refractivity contribution is 5.70. The van der Waals surface area contributed by atoms with Crippen LogP contribution in [-0.2, 0) is 23.8 Å². The molecule has 0 spiro atoms. The molecule has 0 aliphatic rings. The fraction of sp³-hybridized carbons (Fsp3) is 0.672. The molecule has 0 bridgehead atoms. The minimum atomic E-state index is -0.571. The first kappa shape index (κ1) is 62.6. The van der Waals surface area contributed by atoms with Gasteiger partial charge in [-0.25, -0.2) is 0 Å². The molecule has 0 fully saturated rings. The van der Waals surface area contributed by atoms with Gasteiger partial charge in [-0.3, -0.25) is 9.59 Å². The summed E-state index contributed by atoms with van der Waals surface area (Å²) in [6.07, 6.45) is 76.7. The van der Waals surface area contributed by atoms with E-state index in [9.17, 15) is 9.59 Å². The average molecular weight is 915 g/mol. The molecular formula is C61H102O5. The monoisotopic (exact) mass is 915 g/mol. The van der Waals surface area contributed by atoms with Crippen LogP contribution in [-0.4, -0.2) is 37.9 Å². The van der Waals surface area contributed by atoms with Crippen molar-refractivity contribution >= 4 is 11.9 Å². The van der Waals surface area contributed by atoms with E-state index in [0.717, 1.165) is 116 Å². The van der Waals surface area contributed by atoms with Crippen molar-refractivity contribution < 1.29 is 23.8 Å². The van der Waals surface area contributed by atoms with Crippen molar-refractivity contribution in [3.05, 3.63) is 109 Å². The lowest BCUT2D eigenvalue weighted by Crippen LogP contribution is -2.30. The van der Waals surface area contributed by atoms with E-state index in [1.54, 1.807) is 0 Å². The van der Waals surface area contributed by atoms with E-state index in [0.29, 0.717) is 19.4 Å². The van der Waals surface area contributed by atoms with Crippen LogP contribution >= 0.6 is 0 Å². The molecule has 0 aliphatic heterocycles. The zero-order chi connectivity index (χ0) is 47.7. The number of allylic oxidation sites excluding steroid dienone is 18. The molecule has 0 heterocycles. The van der Waals surface area contributed by atoms with E-state index in [-0.39, 0.29) is 25.2 Å². The number of hydrogen-bond donors (Lipinski definition) is 0. The molecule has 1 unspecified atom stereocenters. The maximum Gasteiger partial charge on any atom is 0.306 e. The van der Waals surface area contributed by atoms with Crippen LogP contribution < -0.4 is 0 Å². The Morgan fingerprint density at radius 3 is 1.12 bits per heavy atom. The largest absolute Gasteiger partial charge is 0.462 e. The summed E-state index contributed by atoms with van der Waals surface area (Å²) in [4.78, 5) is 25.5. The van der Waals surface area contributed by atoms with Crippen molar-refractivity contribution in [3.63, 3.8) is 0 Å². The van der Waals surface area contributed by atoms with Crippen LogP contribution in [0.2, 0.25) is 0 Å². The van der Waals surface area contributed by atoms with E-state index >= 15 is 0 Å². The van der Waals surface area contributed by atoms with Gasteiger partial charge >= 0.3 is 11.9 Å². The highest BCUT2D eigenvalue weighted by Crippen LogP contribution is 2.13. The van der Waals surface area contributed by atoms with Gasteiger partial charge in [0.25, 0.3) is 0 Å². The quantitative estimate of drug-likeness (QED) is 0.0346. The van der Waals surface area contributed by atoms with Crippen molar-refractivity contribution in [2.75, 3.05) is 19.8 Å².